The van der Waals surface area contributed by atoms with E-state index in [-0.39, 0.29) is 5.91 Å². The summed E-state index contributed by atoms with van der Waals surface area (Å²) in [5.41, 5.74) is 5.48. The van der Waals surface area contributed by atoms with E-state index < -0.39 is 0 Å². The number of carbonyl (C=O) groups excluding carboxylic acids is 1. The van der Waals surface area contributed by atoms with Gasteiger partial charge in [-0.15, -0.1) is 0 Å². The number of hydrogen-bond donors (Lipinski definition) is 0. The normalized spacial score (nSPS) is 20.4. The summed E-state index contributed by atoms with van der Waals surface area (Å²) >= 11 is 1.45. The third kappa shape index (κ3) is 4.76. The van der Waals surface area contributed by atoms with Gasteiger partial charge in [-0.05, 0) is 71.9 Å². The number of fused-ring (bicyclic) bond motifs is 1. The van der Waals surface area contributed by atoms with E-state index in [1.54, 1.807) is 0 Å². The van der Waals surface area contributed by atoms with Crippen molar-refractivity contribution >= 4 is 45.5 Å². The van der Waals surface area contributed by atoms with Crippen LogP contribution in [-0.2, 0) is 9.53 Å². The van der Waals surface area contributed by atoms with Crippen LogP contribution < -0.4 is 4.90 Å². The number of amides is 1. The number of pyridine rings is 1. The predicted molar refractivity (Wildman–Crippen MR) is 147 cm³/mol. The quantitative estimate of drug-likeness (QED) is 0.506. The van der Waals surface area contributed by atoms with E-state index in [0.717, 1.165) is 72.0 Å². The van der Waals surface area contributed by atoms with Crippen LogP contribution in [0, 0.1) is 0 Å². The molecule has 7 nitrogen and oxygen atoms in total. The van der Waals surface area contributed by atoms with E-state index in [1.165, 1.54) is 17.4 Å². The number of hydrogen-bond acceptors (Lipinski definition) is 7. The van der Waals surface area contributed by atoms with Gasteiger partial charge in [0, 0.05) is 56.5 Å². The molecule has 0 spiro atoms. The van der Waals surface area contributed by atoms with Crippen LogP contribution in [0.4, 0.5) is 5.69 Å². The first-order valence-corrected chi connectivity index (χ1v) is 13.2. The molecule has 8 heteroatoms. The molecular weight excluding hydrogens is 470 g/mol. The second-order valence-corrected chi connectivity index (χ2v) is 10.4. The summed E-state index contributed by atoms with van der Waals surface area (Å²) in [6, 6.07) is 17.1. The Balaban J connectivity index is 1.26. The Morgan fingerprint density at radius 1 is 0.917 bits per heavy atom. The Bertz CT molecular complexity index is 1340. The van der Waals surface area contributed by atoms with Gasteiger partial charge in [0.15, 0.2) is 5.17 Å². The molecule has 0 saturated carbocycles. The summed E-state index contributed by atoms with van der Waals surface area (Å²) in [5.74, 6) is -0.174. The lowest BCUT2D eigenvalue weighted by Crippen LogP contribution is -2.44. The molecule has 0 N–H and O–H groups in total. The Morgan fingerprint density at radius 3 is 2.47 bits per heavy atom. The van der Waals surface area contributed by atoms with Gasteiger partial charge in [-0.3, -0.25) is 9.78 Å². The van der Waals surface area contributed by atoms with Crippen LogP contribution >= 0.6 is 11.8 Å². The van der Waals surface area contributed by atoms with Crippen molar-refractivity contribution in [1.82, 2.24) is 14.8 Å². The van der Waals surface area contributed by atoms with Crippen LogP contribution in [0.15, 0.2) is 64.6 Å². The maximum absolute atomic E-state index is 12.6. The predicted octanol–water partition coefficient (Wildman–Crippen LogP) is 3.96. The van der Waals surface area contributed by atoms with E-state index in [0.29, 0.717) is 18.1 Å². The van der Waals surface area contributed by atoms with E-state index >= 15 is 0 Å². The van der Waals surface area contributed by atoms with Gasteiger partial charge >= 0.3 is 0 Å². The summed E-state index contributed by atoms with van der Waals surface area (Å²) in [7, 11) is 2.18. The van der Waals surface area contributed by atoms with Crippen molar-refractivity contribution in [2.75, 3.05) is 64.4 Å². The summed E-state index contributed by atoms with van der Waals surface area (Å²) in [6.45, 7) is 7.17. The molecule has 3 aromatic rings. The van der Waals surface area contributed by atoms with Gasteiger partial charge in [0.1, 0.15) is 0 Å². The molecule has 0 atom stereocenters. The fraction of sp³-hybridized carbons (Fsp3) is 0.321. The molecular formula is C28H29N5O2S. The molecule has 4 heterocycles. The fourth-order valence-electron chi connectivity index (χ4n) is 4.86. The zero-order valence-electron chi connectivity index (χ0n) is 20.4. The molecule has 1 amide bonds. The van der Waals surface area contributed by atoms with Crippen molar-refractivity contribution in [1.29, 1.82) is 0 Å². The van der Waals surface area contributed by atoms with Gasteiger partial charge in [0.2, 0.25) is 0 Å². The van der Waals surface area contributed by atoms with E-state index in [9.17, 15) is 4.79 Å². The topological polar surface area (TPSA) is 61.3 Å². The lowest BCUT2D eigenvalue weighted by Gasteiger charge is -2.34. The number of nitrogens with zero attached hydrogens (tertiary/aromatic N) is 5. The minimum Gasteiger partial charge on any atom is -0.378 e. The second-order valence-electron chi connectivity index (χ2n) is 9.38. The summed E-state index contributed by atoms with van der Waals surface area (Å²) in [5, 5.41) is 1.85. The number of aliphatic imine (C=N–C) groups is 1. The molecule has 6 rings (SSSR count). The number of carbonyl (C=O) groups is 1. The van der Waals surface area contributed by atoms with Crippen LogP contribution in [0.5, 0.6) is 0 Å². The SMILES string of the molecule is CN1CCN(c2ccc(-c3ccnc4ccc(C=C5SC(N6CCOCC6)=NC5=O)cc34)cc2)CC1. The number of morpholine rings is 1. The standard InChI is InChI=1S/C28H29N5O2S/c1-31-10-12-32(13-11-31)22-5-3-21(4-6-22)23-8-9-29-25-7-2-20(18-24(23)25)19-26-27(34)30-28(36-26)33-14-16-35-17-15-33/h2-9,18-19H,10-17H2,1H3. The Kier molecular flexibility index (Phi) is 6.48. The van der Waals surface area contributed by atoms with Crippen molar-refractivity contribution in [2.45, 2.75) is 0 Å². The van der Waals surface area contributed by atoms with Crippen LogP contribution in [0.3, 0.4) is 0 Å². The van der Waals surface area contributed by atoms with Gasteiger partial charge in [-0.25, -0.2) is 0 Å². The lowest BCUT2D eigenvalue weighted by molar-refractivity contribution is -0.113. The molecule has 2 fully saturated rings. The van der Waals surface area contributed by atoms with Crippen LogP contribution in [0.2, 0.25) is 0 Å². The van der Waals surface area contributed by atoms with Crippen molar-refractivity contribution in [2.24, 2.45) is 4.99 Å². The first-order chi connectivity index (χ1) is 17.6. The maximum atomic E-state index is 12.6. The zero-order valence-corrected chi connectivity index (χ0v) is 21.2. The Hall–Kier alpha value is -3.20. The lowest BCUT2D eigenvalue weighted by atomic mass is 9.99. The highest BCUT2D eigenvalue weighted by atomic mass is 32.2. The molecule has 0 unspecified atom stereocenters. The molecule has 1 aromatic heterocycles. The monoisotopic (exact) mass is 499 g/mol. The number of rotatable bonds is 3. The second kappa shape index (κ2) is 10.0. The van der Waals surface area contributed by atoms with Gasteiger partial charge in [-0.2, -0.15) is 4.99 Å². The highest BCUT2D eigenvalue weighted by Crippen LogP contribution is 2.33. The van der Waals surface area contributed by atoms with Crippen LogP contribution in [0.1, 0.15) is 5.56 Å². The fourth-order valence-corrected chi connectivity index (χ4v) is 5.83. The maximum Gasteiger partial charge on any atom is 0.286 e. The van der Waals surface area contributed by atoms with E-state index in [4.69, 9.17) is 4.74 Å². The minimum atomic E-state index is -0.174. The Labute approximate surface area is 215 Å². The Morgan fingerprint density at radius 2 is 1.69 bits per heavy atom. The number of amidine groups is 1. The highest BCUT2D eigenvalue weighted by molar-refractivity contribution is 8.18. The van der Waals surface area contributed by atoms with Crippen molar-refractivity contribution in [3.63, 3.8) is 0 Å². The van der Waals surface area contributed by atoms with Gasteiger partial charge in [-0.1, -0.05) is 18.2 Å². The van der Waals surface area contributed by atoms with Crippen molar-refractivity contribution in [3.05, 3.63) is 65.2 Å². The molecule has 0 aliphatic carbocycles. The number of thioether (sulfide) groups is 1. The number of aromatic nitrogens is 1. The number of piperazine rings is 1. The zero-order chi connectivity index (χ0) is 24.5. The van der Waals surface area contributed by atoms with E-state index in [2.05, 4.69) is 68.1 Å². The molecule has 2 aromatic carbocycles. The number of ether oxygens (including phenoxy) is 1. The van der Waals surface area contributed by atoms with Gasteiger partial charge in [0.25, 0.3) is 5.91 Å². The third-order valence-electron chi connectivity index (χ3n) is 7.00. The molecule has 0 bridgehead atoms. The number of likely N-dealkylation sites (N-methyl/N-ethyl adjacent to an activating group) is 1. The molecule has 36 heavy (non-hydrogen) atoms. The van der Waals surface area contributed by atoms with Crippen molar-refractivity contribution < 1.29 is 9.53 Å². The third-order valence-corrected chi connectivity index (χ3v) is 8.05. The van der Waals surface area contributed by atoms with Crippen LogP contribution in [-0.4, -0.2) is 85.4 Å². The number of benzene rings is 2. The first kappa shape index (κ1) is 23.2. The summed E-state index contributed by atoms with van der Waals surface area (Å²) < 4.78 is 5.42. The summed E-state index contributed by atoms with van der Waals surface area (Å²) in [4.78, 5) is 29.1. The molecule has 184 valence electrons. The number of anilines is 1. The first-order valence-electron chi connectivity index (χ1n) is 12.4. The van der Waals surface area contributed by atoms with Crippen LogP contribution in [0.25, 0.3) is 28.1 Å². The van der Waals surface area contributed by atoms with Gasteiger partial charge < -0.3 is 19.4 Å². The minimum absolute atomic E-state index is 0.174. The van der Waals surface area contributed by atoms with Crippen molar-refractivity contribution in [3.8, 4) is 11.1 Å². The molecule has 2 saturated heterocycles. The average Bonchev–Trinajstić information content (AvgIpc) is 3.29. The van der Waals surface area contributed by atoms with Gasteiger partial charge in [0.05, 0.1) is 23.6 Å². The summed E-state index contributed by atoms with van der Waals surface area (Å²) in [6.07, 6.45) is 3.81. The van der Waals surface area contributed by atoms with E-state index in [1.807, 2.05) is 24.4 Å². The highest BCUT2D eigenvalue weighted by Gasteiger charge is 2.27. The smallest absolute Gasteiger partial charge is 0.286 e. The average molecular weight is 500 g/mol. The molecule has 0 radical (unpaired) electrons. The molecule has 3 aliphatic heterocycles. The largest absolute Gasteiger partial charge is 0.378 e. The molecule has 3 aliphatic rings.